The van der Waals surface area contributed by atoms with Gasteiger partial charge in [0.2, 0.25) is 5.90 Å². The summed E-state index contributed by atoms with van der Waals surface area (Å²) >= 11 is 3.40. The number of aliphatic imine (C=N–C) groups is 1. The predicted molar refractivity (Wildman–Crippen MR) is 113 cm³/mol. The Hall–Kier alpha value is -2.93. The Bertz CT molecular complexity index is 1030. The van der Waals surface area contributed by atoms with E-state index in [-0.39, 0.29) is 17.6 Å². The Balaban J connectivity index is 1.94. The van der Waals surface area contributed by atoms with Gasteiger partial charge in [-0.25, -0.2) is 9.79 Å². The van der Waals surface area contributed by atoms with Crippen LogP contribution in [0.25, 0.3) is 6.08 Å². The summed E-state index contributed by atoms with van der Waals surface area (Å²) in [5.41, 5.74) is 2.54. The second-order valence-electron chi connectivity index (χ2n) is 6.41. The molecule has 2 aromatic rings. The fraction of sp³-hybridized carbons (Fsp3) is 0.227. The van der Waals surface area contributed by atoms with Crippen LogP contribution in [0, 0.1) is 6.92 Å². The molecule has 0 aliphatic carbocycles. The molecule has 0 saturated heterocycles. The van der Waals surface area contributed by atoms with E-state index in [1.54, 1.807) is 18.2 Å². The molecular formula is C22H20BrNO5. The maximum atomic E-state index is 12.3. The van der Waals surface area contributed by atoms with Crippen molar-refractivity contribution in [3.63, 3.8) is 0 Å². The van der Waals surface area contributed by atoms with Gasteiger partial charge < -0.3 is 14.2 Å². The zero-order chi connectivity index (χ0) is 21.0. The van der Waals surface area contributed by atoms with Crippen molar-refractivity contribution in [2.75, 3.05) is 7.11 Å². The van der Waals surface area contributed by atoms with E-state index in [1.807, 2.05) is 38.1 Å². The molecule has 0 bridgehead atoms. The van der Waals surface area contributed by atoms with E-state index in [1.165, 1.54) is 7.11 Å². The number of cyclic esters (lactones) is 1. The van der Waals surface area contributed by atoms with Crippen molar-refractivity contribution in [2.45, 2.75) is 26.7 Å². The van der Waals surface area contributed by atoms with E-state index in [0.717, 1.165) is 11.1 Å². The Kier molecular flexibility index (Phi) is 6.49. The molecule has 150 valence electrons. The SMILES string of the molecule is CCCC(=O)Oc1c(Br)cc(/C=C2\N=C(c3ccccc3C)OC2=O)cc1OC. The minimum atomic E-state index is -0.531. The summed E-state index contributed by atoms with van der Waals surface area (Å²) in [6, 6.07) is 10.9. The summed E-state index contributed by atoms with van der Waals surface area (Å²) in [7, 11) is 1.48. The number of hydrogen-bond acceptors (Lipinski definition) is 6. The fourth-order valence-electron chi connectivity index (χ4n) is 2.79. The Morgan fingerprint density at radius 3 is 2.72 bits per heavy atom. The standard InChI is InChI=1S/C22H20BrNO5/c1-4-7-19(25)28-20-16(23)10-14(12-18(20)27-3)11-17-22(26)29-21(24-17)15-9-6-5-8-13(15)2/h5-6,8-12H,4,7H2,1-3H3/b17-11-. The molecule has 0 atom stereocenters. The predicted octanol–water partition coefficient (Wildman–Crippen LogP) is 4.82. The molecule has 0 N–H and O–H groups in total. The van der Waals surface area contributed by atoms with E-state index >= 15 is 0 Å². The fourth-order valence-corrected chi connectivity index (χ4v) is 3.33. The molecule has 0 spiro atoms. The maximum absolute atomic E-state index is 12.3. The van der Waals surface area contributed by atoms with Gasteiger partial charge in [-0.05, 0) is 64.7 Å². The number of esters is 2. The van der Waals surface area contributed by atoms with Crippen LogP contribution in [0.2, 0.25) is 0 Å². The smallest absolute Gasteiger partial charge is 0.363 e. The number of carbonyl (C=O) groups is 2. The second-order valence-corrected chi connectivity index (χ2v) is 7.26. The highest BCUT2D eigenvalue weighted by Gasteiger charge is 2.25. The number of nitrogens with zero attached hydrogens (tertiary/aromatic N) is 1. The first-order chi connectivity index (χ1) is 13.9. The van der Waals surface area contributed by atoms with Crippen LogP contribution in [0.1, 0.15) is 36.5 Å². The zero-order valence-corrected chi connectivity index (χ0v) is 17.9. The molecular weight excluding hydrogens is 438 g/mol. The summed E-state index contributed by atoms with van der Waals surface area (Å²) < 4.78 is 16.6. The quantitative estimate of drug-likeness (QED) is 0.353. The van der Waals surface area contributed by atoms with Gasteiger partial charge in [0.05, 0.1) is 11.6 Å². The molecule has 6 nitrogen and oxygen atoms in total. The van der Waals surface area contributed by atoms with Crippen LogP contribution in [0.4, 0.5) is 0 Å². The number of methoxy groups -OCH3 is 1. The van der Waals surface area contributed by atoms with Gasteiger partial charge in [-0.1, -0.05) is 25.1 Å². The van der Waals surface area contributed by atoms with Crippen molar-refractivity contribution < 1.29 is 23.8 Å². The van der Waals surface area contributed by atoms with Crippen LogP contribution in [0.3, 0.4) is 0 Å². The Labute approximate surface area is 177 Å². The molecule has 1 heterocycles. The van der Waals surface area contributed by atoms with E-state index in [0.29, 0.717) is 34.4 Å². The lowest BCUT2D eigenvalue weighted by Crippen LogP contribution is -2.08. The normalized spacial score (nSPS) is 14.6. The minimum Gasteiger partial charge on any atom is -0.493 e. The van der Waals surface area contributed by atoms with Crippen LogP contribution >= 0.6 is 15.9 Å². The zero-order valence-electron chi connectivity index (χ0n) is 16.3. The number of ether oxygens (including phenoxy) is 3. The largest absolute Gasteiger partial charge is 0.493 e. The molecule has 1 aliphatic heterocycles. The third-order valence-electron chi connectivity index (χ3n) is 4.22. The lowest BCUT2D eigenvalue weighted by atomic mass is 10.1. The number of hydrogen-bond donors (Lipinski definition) is 0. The van der Waals surface area contributed by atoms with Gasteiger partial charge >= 0.3 is 11.9 Å². The first kappa shape index (κ1) is 20.8. The van der Waals surface area contributed by atoms with Gasteiger partial charge in [-0.3, -0.25) is 4.79 Å². The van der Waals surface area contributed by atoms with Gasteiger partial charge in [-0.2, -0.15) is 0 Å². The van der Waals surface area contributed by atoms with Crippen molar-refractivity contribution in [3.8, 4) is 11.5 Å². The number of halogens is 1. The highest BCUT2D eigenvalue weighted by molar-refractivity contribution is 9.10. The highest BCUT2D eigenvalue weighted by Crippen LogP contribution is 2.38. The lowest BCUT2D eigenvalue weighted by Gasteiger charge is -2.12. The molecule has 29 heavy (non-hydrogen) atoms. The summed E-state index contributed by atoms with van der Waals surface area (Å²) in [6.07, 6.45) is 2.59. The number of benzene rings is 2. The third-order valence-corrected chi connectivity index (χ3v) is 4.81. The van der Waals surface area contributed by atoms with Gasteiger partial charge in [-0.15, -0.1) is 0 Å². The molecule has 0 aromatic heterocycles. The maximum Gasteiger partial charge on any atom is 0.363 e. The van der Waals surface area contributed by atoms with Crippen LogP contribution < -0.4 is 9.47 Å². The van der Waals surface area contributed by atoms with E-state index in [9.17, 15) is 9.59 Å². The third kappa shape index (κ3) is 4.74. The number of carbonyl (C=O) groups excluding carboxylic acids is 2. The molecule has 0 unspecified atom stereocenters. The first-order valence-corrected chi connectivity index (χ1v) is 9.89. The monoisotopic (exact) mass is 457 g/mol. The molecule has 0 saturated carbocycles. The summed E-state index contributed by atoms with van der Waals surface area (Å²) in [5, 5.41) is 0. The van der Waals surface area contributed by atoms with E-state index in [2.05, 4.69) is 20.9 Å². The van der Waals surface area contributed by atoms with Crippen molar-refractivity contribution in [2.24, 2.45) is 4.99 Å². The Morgan fingerprint density at radius 2 is 2.03 bits per heavy atom. The van der Waals surface area contributed by atoms with Crippen molar-refractivity contribution in [1.82, 2.24) is 0 Å². The van der Waals surface area contributed by atoms with Gasteiger partial charge in [0.15, 0.2) is 17.2 Å². The van der Waals surface area contributed by atoms with Gasteiger partial charge in [0.1, 0.15) is 0 Å². The summed E-state index contributed by atoms with van der Waals surface area (Å²) in [5.74, 6) is 0.0630. The van der Waals surface area contributed by atoms with Crippen LogP contribution in [-0.2, 0) is 14.3 Å². The summed E-state index contributed by atoms with van der Waals surface area (Å²) in [4.78, 5) is 28.5. The molecule has 3 rings (SSSR count). The molecule has 2 aromatic carbocycles. The molecule has 0 fully saturated rings. The topological polar surface area (TPSA) is 74.2 Å². The number of rotatable bonds is 6. The first-order valence-electron chi connectivity index (χ1n) is 9.09. The van der Waals surface area contributed by atoms with Crippen LogP contribution in [0.5, 0.6) is 11.5 Å². The lowest BCUT2D eigenvalue weighted by molar-refractivity contribution is -0.134. The van der Waals surface area contributed by atoms with E-state index in [4.69, 9.17) is 14.2 Å². The van der Waals surface area contributed by atoms with Crippen molar-refractivity contribution >= 4 is 39.8 Å². The molecule has 0 amide bonds. The van der Waals surface area contributed by atoms with Crippen LogP contribution in [-0.4, -0.2) is 24.9 Å². The minimum absolute atomic E-state index is 0.174. The van der Waals surface area contributed by atoms with Crippen molar-refractivity contribution in [3.05, 3.63) is 63.3 Å². The molecule has 1 aliphatic rings. The van der Waals surface area contributed by atoms with Gasteiger partial charge in [0, 0.05) is 12.0 Å². The highest BCUT2D eigenvalue weighted by atomic mass is 79.9. The average Bonchev–Trinajstić information content (AvgIpc) is 3.04. The second kappa shape index (κ2) is 9.05. The molecule has 7 heteroatoms. The molecule has 0 radical (unpaired) electrons. The number of aryl methyl sites for hydroxylation is 1. The van der Waals surface area contributed by atoms with E-state index < -0.39 is 5.97 Å². The summed E-state index contributed by atoms with van der Waals surface area (Å²) in [6.45, 7) is 3.82. The average molecular weight is 458 g/mol. The van der Waals surface area contributed by atoms with Crippen molar-refractivity contribution in [1.29, 1.82) is 0 Å². The van der Waals surface area contributed by atoms with Gasteiger partial charge in [0.25, 0.3) is 0 Å². The Morgan fingerprint density at radius 1 is 1.28 bits per heavy atom. The van der Waals surface area contributed by atoms with Crippen LogP contribution in [0.15, 0.2) is 51.6 Å².